The first-order valence-electron chi connectivity index (χ1n) is 7.75. The van der Waals surface area contributed by atoms with Crippen LogP contribution in [-0.4, -0.2) is 66.7 Å². The first-order valence-corrected chi connectivity index (χ1v) is 11.0. The van der Waals surface area contributed by atoms with E-state index in [1.807, 2.05) is 0 Å². The zero-order valence-corrected chi connectivity index (χ0v) is 16.0. The van der Waals surface area contributed by atoms with E-state index in [9.17, 15) is 13.2 Å². The molecule has 0 atom stereocenters. The summed E-state index contributed by atoms with van der Waals surface area (Å²) < 4.78 is 30.0. The van der Waals surface area contributed by atoms with Crippen molar-refractivity contribution in [2.75, 3.05) is 38.2 Å². The Kier molecular flexibility index (Phi) is 5.57. The fraction of sp³-hybridized carbons (Fsp3) is 0.467. The SMILES string of the molecule is CS(=O)(=O)N1CCN(C(=O)CCSc2nc3cc(Cl)ccc3o2)CC1. The number of carbonyl (C=O) groups is 1. The van der Waals surface area contributed by atoms with Crippen LogP contribution in [0.1, 0.15) is 6.42 Å². The molecule has 1 aliphatic heterocycles. The Balaban J connectivity index is 1.48. The van der Waals surface area contributed by atoms with Crippen molar-refractivity contribution >= 4 is 50.4 Å². The highest BCUT2D eigenvalue weighted by molar-refractivity contribution is 7.99. The van der Waals surface area contributed by atoms with Crippen LogP contribution in [0.5, 0.6) is 0 Å². The molecule has 0 bridgehead atoms. The largest absolute Gasteiger partial charge is 0.431 e. The number of thioether (sulfide) groups is 1. The second-order valence-electron chi connectivity index (χ2n) is 5.73. The number of hydrogen-bond acceptors (Lipinski definition) is 6. The number of nitrogens with zero attached hydrogens (tertiary/aromatic N) is 3. The van der Waals surface area contributed by atoms with Gasteiger partial charge >= 0.3 is 0 Å². The van der Waals surface area contributed by atoms with Crippen LogP contribution < -0.4 is 0 Å². The number of piperazine rings is 1. The average molecular weight is 404 g/mol. The lowest BCUT2D eigenvalue weighted by Crippen LogP contribution is -2.50. The Labute approximate surface area is 155 Å². The molecule has 1 fully saturated rings. The van der Waals surface area contributed by atoms with Crippen LogP contribution in [0, 0.1) is 0 Å². The summed E-state index contributed by atoms with van der Waals surface area (Å²) in [5.41, 5.74) is 1.35. The molecule has 0 aliphatic carbocycles. The van der Waals surface area contributed by atoms with Crippen LogP contribution in [0.15, 0.2) is 27.8 Å². The number of carbonyl (C=O) groups excluding carboxylic acids is 1. The van der Waals surface area contributed by atoms with Crippen molar-refractivity contribution < 1.29 is 17.6 Å². The lowest BCUT2D eigenvalue weighted by Gasteiger charge is -2.33. The summed E-state index contributed by atoms with van der Waals surface area (Å²) in [5, 5.41) is 1.10. The number of sulfonamides is 1. The minimum absolute atomic E-state index is 0.0137. The van der Waals surface area contributed by atoms with Crippen molar-refractivity contribution in [1.82, 2.24) is 14.2 Å². The summed E-state index contributed by atoms with van der Waals surface area (Å²) in [7, 11) is -3.18. The zero-order chi connectivity index (χ0) is 18.0. The Morgan fingerprint density at radius 3 is 2.72 bits per heavy atom. The van der Waals surface area contributed by atoms with Crippen molar-refractivity contribution in [2.45, 2.75) is 11.6 Å². The topological polar surface area (TPSA) is 83.7 Å². The molecule has 3 rings (SSSR count). The van der Waals surface area contributed by atoms with E-state index < -0.39 is 10.0 Å². The zero-order valence-electron chi connectivity index (χ0n) is 13.6. The van der Waals surface area contributed by atoms with E-state index in [0.717, 1.165) is 0 Å². The van der Waals surface area contributed by atoms with E-state index >= 15 is 0 Å². The van der Waals surface area contributed by atoms with Crippen molar-refractivity contribution in [2.24, 2.45) is 0 Å². The lowest BCUT2D eigenvalue weighted by molar-refractivity contribution is -0.131. The minimum Gasteiger partial charge on any atom is -0.431 e. The molecule has 1 aliphatic rings. The average Bonchev–Trinajstić information content (AvgIpc) is 2.96. The summed E-state index contributed by atoms with van der Waals surface area (Å²) in [6, 6.07) is 5.24. The predicted octanol–water partition coefficient (Wildman–Crippen LogP) is 2.07. The van der Waals surface area contributed by atoms with Gasteiger partial charge in [0.25, 0.3) is 5.22 Å². The van der Waals surface area contributed by atoms with Gasteiger partial charge in [0.2, 0.25) is 15.9 Å². The maximum atomic E-state index is 12.2. The van der Waals surface area contributed by atoms with Gasteiger partial charge in [-0.1, -0.05) is 23.4 Å². The number of fused-ring (bicyclic) bond motifs is 1. The molecule has 25 heavy (non-hydrogen) atoms. The van der Waals surface area contributed by atoms with Crippen molar-refractivity contribution in [3.8, 4) is 0 Å². The maximum Gasteiger partial charge on any atom is 0.256 e. The number of amides is 1. The highest BCUT2D eigenvalue weighted by Crippen LogP contribution is 2.26. The highest BCUT2D eigenvalue weighted by Gasteiger charge is 2.25. The fourth-order valence-corrected chi connectivity index (χ4v) is 4.35. The Hall–Kier alpha value is -1.29. The first-order chi connectivity index (χ1) is 11.8. The summed E-state index contributed by atoms with van der Waals surface area (Å²) in [6.45, 7) is 1.56. The maximum absolute atomic E-state index is 12.2. The van der Waals surface area contributed by atoms with Crippen molar-refractivity contribution in [1.29, 1.82) is 0 Å². The van der Waals surface area contributed by atoms with Crippen LogP contribution in [-0.2, 0) is 14.8 Å². The van der Waals surface area contributed by atoms with Gasteiger partial charge in [0.1, 0.15) is 5.52 Å². The highest BCUT2D eigenvalue weighted by atomic mass is 35.5. The van der Waals surface area contributed by atoms with Crippen LogP contribution >= 0.6 is 23.4 Å². The van der Waals surface area contributed by atoms with E-state index in [-0.39, 0.29) is 5.91 Å². The van der Waals surface area contributed by atoms with Gasteiger partial charge in [0, 0.05) is 43.4 Å². The quantitative estimate of drug-likeness (QED) is 0.710. The van der Waals surface area contributed by atoms with Gasteiger partial charge in [-0.15, -0.1) is 0 Å². The molecule has 0 spiro atoms. The number of aromatic nitrogens is 1. The summed E-state index contributed by atoms with van der Waals surface area (Å²) in [5.74, 6) is 0.561. The monoisotopic (exact) mass is 403 g/mol. The molecule has 2 aromatic rings. The molecule has 2 heterocycles. The predicted molar refractivity (Wildman–Crippen MR) is 97.4 cm³/mol. The summed E-state index contributed by atoms with van der Waals surface area (Å²) in [6.07, 6.45) is 1.54. The molecule has 1 aromatic carbocycles. The third-order valence-electron chi connectivity index (χ3n) is 3.93. The van der Waals surface area contributed by atoms with E-state index in [1.54, 1.807) is 23.1 Å². The van der Waals surface area contributed by atoms with Gasteiger partial charge in [-0.25, -0.2) is 13.4 Å². The standard InChI is InChI=1S/C15H18ClN3O4S2/c1-25(21,22)19-7-5-18(6-8-19)14(20)4-9-24-15-17-12-10-11(16)2-3-13(12)23-15/h2-3,10H,4-9H2,1H3. The molecule has 0 unspecified atom stereocenters. The molecule has 1 aromatic heterocycles. The number of rotatable bonds is 5. The smallest absolute Gasteiger partial charge is 0.256 e. The molecule has 0 radical (unpaired) electrons. The molecule has 136 valence electrons. The van der Waals surface area contributed by atoms with Gasteiger partial charge in [-0.05, 0) is 18.2 Å². The van der Waals surface area contributed by atoms with Crippen LogP contribution in [0.3, 0.4) is 0 Å². The molecular weight excluding hydrogens is 386 g/mol. The molecule has 1 saturated heterocycles. The van der Waals surface area contributed by atoms with Crippen molar-refractivity contribution in [3.63, 3.8) is 0 Å². The lowest BCUT2D eigenvalue weighted by atomic mass is 10.3. The Morgan fingerprint density at radius 1 is 1.32 bits per heavy atom. The summed E-state index contributed by atoms with van der Waals surface area (Å²) in [4.78, 5) is 18.3. The molecule has 1 amide bonds. The van der Waals surface area contributed by atoms with Gasteiger partial charge in [0.05, 0.1) is 6.26 Å². The Bertz CT molecular complexity index is 876. The second kappa shape index (κ2) is 7.53. The first kappa shape index (κ1) is 18.5. The third-order valence-corrected chi connectivity index (χ3v) is 6.30. The molecule has 10 heteroatoms. The minimum atomic E-state index is -3.18. The molecular formula is C15H18ClN3O4S2. The van der Waals surface area contributed by atoms with Gasteiger partial charge in [0.15, 0.2) is 5.58 Å². The van der Waals surface area contributed by atoms with Gasteiger partial charge in [-0.3, -0.25) is 4.79 Å². The molecule has 0 N–H and O–H groups in total. The van der Waals surface area contributed by atoms with Crippen LogP contribution in [0.25, 0.3) is 11.1 Å². The van der Waals surface area contributed by atoms with Crippen LogP contribution in [0.4, 0.5) is 0 Å². The molecule has 7 nitrogen and oxygen atoms in total. The third kappa shape index (κ3) is 4.66. The normalized spacial score (nSPS) is 16.5. The van der Waals surface area contributed by atoms with E-state index in [1.165, 1.54) is 22.3 Å². The van der Waals surface area contributed by atoms with Gasteiger partial charge < -0.3 is 9.32 Å². The number of benzene rings is 1. The number of oxazole rings is 1. The van der Waals surface area contributed by atoms with E-state index in [4.69, 9.17) is 16.0 Å². The molecule has 0 saturated carbocycles. The number of hydrogen-bond donors (Lipinski definition) is 0. The van der Waals surface area contributed by atoms with Crippen molar-refractivity contribution in [3.05, 3.63) is 23.2 Å². The van der Waals surface area contributed by atoms with Gasteiger partial charge in [-0.2, -0.15) is 4.31 Å². The number of halogens is 1. The summed E-state index contributed by atoms with van der Waals surface area (Å²) >= 11 is 7.29. The fourth-order valence-electron chi connectivity index (χ4n) is 2.59. The van der Waals surface area contributed by atoms with Crippen LogP contribution in [0.2, 0.25) is 5.02 Å². The van der Waals surface area contributed by atoms with E-state index in [0.29, 0.717) is 59.7 Å². The Morgan fingerprint density at radius 2 is 2.04 bits per heavy atom. The van der Waals surface area contributed by atoms with E-state index in [2.05, 4.69) is 4.98 Å². The second-order valence-corrected chi connectivity index (χ2v) is 9.20.